The highest BCUT2D eigenvalue weighted by Crippen LogP contribution is 2.17. The zero-order valence-electron chi connectivity index (χ0n) is 14.8. The third-order valence-electron chi connectivity index (χ3n) is 4.25. The molecule has 5 nitrogen and oxygen atoms in total. The first kappa shape index (κ1) is 18.7. The maximum atomic E-state index is 12.6. The molecule has 0 aliphatic carbocycles. The number of primary amides is 1. The van der Waals surface area contributed by atoms with Gasteiger partial charge in [0.05, 0.1) is 0 Å². The van der Waals surface area contributed by atoms with E-state index in [-0.39, 0.29) is 5.91 Å². The van der Waals surface area contributed by atoms with Crippen molar-refractivity contribution in [3.8, 4) is 0 Å². The van der Waals surface area contributed by atoms with E-state index in [0.29, 0.717) is 6.42 Å². The molecule has 0 aliphatic rings. The molecule has 2 amide bonds. The number of ether oxygens (including phenoxy) is 1. The molecule has 0 spiro atoms. The van der Waals surface area contributed by atoms with E-state index in [1.54, 1.807) is 12.1 Å². The summed E-state index contributed by atoms with van der Waals surface area (Å²) in [5.74, 6) is -0.962. The van der Waals surface area contributed by atoms with Crippen molar-refractivity contribution in [1.29, 1.82) is 0 Å². The van der Waals surface area contributed by atoms with Gasteiger partial charge < -0.3 is 15.8 Å². The molecule has 0 radical (unpaired) electrons. The minimum atomic E-state index is -0.795. The fraction of sp³-hybridized carbons (Fsp3) is 0.300. The molecule has 2 aromatic rings. The lowest BCUT2D eigenvalue weighted by atomic mass is 10.00. The highest BCUT2D eigenvalue weighted by molar-refractivity contribution is 5.89. The first-order chi connectivity index (χ1) is 11.9. The highest BCUT2D eigenvalue weighted by atomic mass is 16.5. The second-order valence-corrected chi connectivity index (χ2v) is 6.11. The van der Waals surface area contributed by atoms with Crippen molar-refractivity contribution >= 4 is 11.8 Å². The van der Waals surface area contributed by atoms with Crippen LogP contribution in [0.5, 0.6) is 0 Å². The fourth-order valence-electron chi connectivity index (χ4n) is 2.66. The summed E-state index contributed by atoms with van der Waals surface area (Å²) in [5.41, 5.74) is 9.45. The van der Waals surface area contributed by atoms with Crippen LogP contribution in [0.25, 0.3) is 0 Å². The molecule has 5 heteroatoms. The summed E-state index contributed by atoms with van der Waals surface area (Å²) in [6, 6.07) is 14.3. The monoisotopic (exact) mass is 340 g/mol. The predicted octanol–water partition coefficient (Wildman–Crippen LogP) is 2.20. The van der Waals surface area contributed by atoms with E-state index in [0.717, 1.165) is 16.7 Å². The molecule has 2 aromatic carbocycles. The summed E-state index contributed by atoms with van der Waals surface area (Å²) in [4.78, 5) is 24.4. The minimum Gasteiger partial charge on any atom is -0.368 e. The van der Waals surface area contributed by atoms with Crippen molar-refractivity contribution in [3.05, 3.63) is 70.8 Å². The highest BCUT2D eigenvalue weighted by Gasteiger charge is 2.25. The van der Waals surface area contributed by atoms with Crippen LogP contribution in [-0.2, 0) is 20.7 Å². The molecule has 0 fully saturated rings. The third kappa shape index (κ3) is 4.90. The van der Waals surface area contributed by atoms with Crippen LogP contribution in [0.4, 0.5) is 0 Å². The zero-order valence-corrected chi connectivity index (χ0v) is 14.8. The number of amides is 2. The molecule has 2 atom stereocenters. The first-order valence-electron chi connectivity index (χ1n) is 8.16. The van der Waals surface area contributed by atoms with Crippen molar-refractivity contribution < 1.29 is 14.3 Å². The number of rotatable bonds is 7. The summed E-state index contributed by atoms with van der Waals surface area (Å²) in [6.45, 7) is 4.03. The van der Waals surface area contributed by atoms with Gasteiger partial charge in [0.2, 0.25) is 5.91 Å². The molecule has 132 valence electrons. The number of nitrogens with two attached hydrogens (primary N) is 1. The van der Waals surface area contributed by atoms with Gasteiger partial charge >= 0.3 is 0 Å². The molecule has 0 saturated carbocycles. The van der Waals surface area contributed by atoms with Crippen LogP contribution >= 0.6 is 0 Å². The van der Waals surface area contributed by atoms with Gasteiger partial charge in [0.15, 0.2) is 6.10 Å². The maximum absolute atomic E-state index is 12.6. The summed E-state index contributed by atoms with van der Waals surface area (Å²) < 4.78 is 5.30. The van der Waals surface area contributed by atoms with Crippen molar-refractivity contribution in [1.82, 2.24) is 5.32 Å². The van der Waals surface area contributed by atoms with E-state index < -0.39 is 18.1 Å². The Hall–Kier alpha value is -2.66. The Labute approximate surface area is 148 Å². The van der Waals surface area contributed by atoms with E-state index in [4.69, 9.17) is 10.5 Å². The van der Waals surface area contributed by atoms with Gasteiger partial charge in [-0.05, 0) is 36.1 Å². The zero-order chi connectivity index (χ0) is 18.4. The Bertz CT molecular complexity index is 744. The lowest BCUT2D eigenvalue weighted by molar-refractivity contribution is -0.134. The van der Waals surface area contributed by atoms with Gasteiger partial charge in [0, 0.05) is 13.5 Å². The molecule has 3 N–H and O–H groups in total. The topological polar surface area (TPSA) is 81.4 Å². The Morgan fingerprint density at radius 2 is 1.76 bits per heavy atom. The van der Waals surface area contributed by atoms with Crippen LogP contribution in [0, 0.1) is 13.8 Å². The molecule has 2 rings (SSSR count). The molecule has 0 aliphatic heterocycles. The normalized spacial score (nSPS) is 13.1. The van der Waals surface area contributed by atoms with Crippen molar-refractivity contribution in [2.45, 2.75) is 32.4 Å². The number of aryl methyl sites for hydroxylation is 2. The van der Waals surface area contributed by atoms with Crippen LogP contribution in [-0.4, -0.2) is 25.0 Å². The van der Waals surface area contributed by atoms with Crippen molar-refractivity contribution in [3.63, 3.8) is 0 Å². The van der Waals surface area contributed by atoms with Crippen LogP contribution in [0.15, 0.2) is 48.5 Å². The molecular weight excluding hydrogens is 316 g/mol. The number of carbonyl (C=O) groups is 2. The second kappa shape index (κ2) is 8.44. The summed E-state index contributed by atoms with van der Waals surface area (Å²) >= 11 is 0. The van der Waals surface area contributed by atoms with Crippen LogP contribution in [0.2, 0.25) is 0 Å². The van der Waals surface area contributed by atoms with E-state index in [1.165, 1.54) is 12.7 Å². The van der Waals surface area contributed by atoms with Crippen LogP contribution in [0.1, 0.15) is 28.4 Å². The van der Waals surface area contributed by atoms with Crippen LogP contribution in [0.3, 0.4) is 0 Å². The van der Waals surface area contributed by atoms with Gasteiger partial charge in [-0.2, -0.15) is 0 Å². The predicted molar refractivity (Wildman–Crippen MR) is 96.9 cm³/mol. The third-order valence-corrected chi connectivity index (χ3v) is 4.25. The molecule has 0 bridgehead atoms. The number of carbonyl (C=O) groups excluding carboxylic acids is 2. The van der Waals surface area contributed by atoms with Crippen molar-refractivity contribution in [2.24, 2.45) is 5.73 Å². The van der Waals surface area contributed by atoms with Gasteiger partial charge in [-0.3, -0.25) is 9.59 Å². The minimum absolute atomic E-state index is 0.341. The van der Waals surface area contributed by atoms with E-state index in [1.807, 2.05) is 50.2 Å². The number of methoxy groups -OCH3 is 1. The lowest BCUT2D eigenvalue weighted by Crippen LogP contribution is -2.47. The number of nitrogens with one attached hydrogen (secondary N) is 1. The average molecular weight is 340 g/mol. The molecule has 0 unspecified atom stereocenters. The second-order valence-electron chi connectivity index (χ2n) is 6.11. The SMILES string of the molecule is CO[C@@H](C(=O)N[C@@H](Cc1ccc(C)c(C)c1)C(N)=O)c1ccccc1. The van der Waals surface area contributed by atoms with E-state index in [9.17, 15) is 9.59 Å². The van der Waals surface area contributed by atoms with E-state index >= 15 is 0 Å². The quantitative estimate of drug-likeness (QED) is 0.811. The summed E-state index contributed by atoms with van der Waals surface area (Å²) in [6.07, 6.45) is -0.448. The molecule has 0 saturated heterocycles. The van der Waals surface area contributed by atoms with Crippen molar-refractivity contribution in [2.75, 3.05) is 7.11 Å². The Balaban J connectivity index is 2.13. The smallest absolute Gasteiger partial charge is 0.254 e. The largest absolute Gasteiger partial charge is 0.368 e. The molecule has 0 heterocycles. The Morgan fingerprint density at radius 3 is 2.32 bits per heavy atom. The summed E-state index contributed by atoms with van der Waals surface area (Å²) in [5, 5.41) is 2.71. The van der Waals surface area contributed by atoms with Gasteiger partial charge in [-0.15, -0.1) is 0 Å². The number of hydrogen-bond donors (Lipinski definition) is 2. The molecule has 0 aromatic heterocycles. The first-order valence-corrected chi connectivity index (χ1v) is 8.16. The summed E-state index contributed by atoms with van der Waals surface area (Å²) in [7, 11) is 1.46. The Morgan fingerprint density at radius 1 is 1.08 bits per heavy atom. The fourth-order valence-corrected chi connectivity index (χ4v) is 2.66. The van der Waals surface area contributed by atoms with Gasteiger partial charge in [-0.25, -0.2) is 0 Å². The number of benzene rings is 2. The Kier molecular flexibility index (Phi) is 6.31. The van der Waals surface area contributed by atoms with Gasteiger partial charge in [0.1, 0.15) is 6.04 Å². The average Bonchev–Trinajstić information content (AvgIpc) is 2.59. The number of hydrogen-bond acceptors (Lipinski definition) is 3. The van der Waals surface area contributed by atoms with Gasteiger partial charge in [-0.1, -0.05) is 48.5 Å². The molecular formula is C20H24N2O3. The maximum Gasteiger partial charge on any atom is 0.254 e. The van der Waals surface area contributed by atoms with Crippen LogP contribution < -0.4 is 11.1 Å². The lowest BCUT2D eigenvalue weighted by Gasteiger charge is -2.20. The molecule has 25 heavy (non-hydrogen) atoms. The van der Waals surface area contributed by atoms with Gasteiger partial charge in [0.25, 0.3) is 5.91 Å². The van der Waals surface area contributed by atoms with E-state index in [2.05, 4.69) is 5.32 Å². The standard InChI is InChI=1S/C20H24N2O3/c1-13-9-10-15(11-14(13)2)12-17(19(21)23)22-20(24)18(25-3)16-7-5-4-6-8-16/h4-11,17-18H,12H2,1-3H3,(H2,21,23)(H,22,24)/t17-,18+/m0/s1.